The molecule has 76 valence electrons. The van der Waals surface area contributed by atoms with Crippen molar-refractivity contribution in [2.24, 2.45) is 0 Å². The lowest BCUT2D eigenvalue weighted by molar-refractivity contribution is -0.0666. The van der Waals surface area contributed by atoms with Crippen LogP contribution in [-0.4, -0.2) is 48.2 Å². The summed E-state index contributed by atoms with van der Waals surface area (Å²) >= 11 is 0. The maximum atomic E-state index is 12.6. The van der Waals surface area contributed by atoms with Gasteiger partial charge < -0.3 is 15.3 Å². The van der Waals surface area contributed by atoms with E-state index in [1.807, 2.05) is 0 Å². The standard InChI is InChI=1S/C7H12F2N2O2/c8-7(9,5-12)4-11-3-1-2-10-6(11)13/h12H,1-5H2,(H,10,13). The molecule has 1 aliphatic rings. The number of alkyl halides is 2. The zero-order valence-corrected chi connectivity index (χ0v) is 7.09. The average molecular weight is 194 g/mol. The van der Waals surface area contributed by atoms with E-state index in [9.17, 15) is 13.6 Å². The number of aliphatic hydroxyl groups excluding tert-OH is 1. The maximum absolute atomic E-state index is 12.6. The molecule has 2 N–H and O–H groups in total. The van der Waals surface area contributed by atoms with E-state index in [1.54, 1.807) is 0 Å². The zero-order chi connectivity index (χ0) is 9.90. The lowest BCUT2D eigenvalue weighted by Crippen LogP contribution is -2.51. The van der Waals surface area contributed by atoms with Crippen LogP contribution in [0, 0.1) is 0 Å². The van der Waals surface area contributed by atoms with E-state index in [0.717, 1.165) is 4.90 Å². The highest BCUT2D eigenvalue weighted by molar-refractivity contribution is 5.74. The molecule has 1 rings (SSSR count). The predicted octanol–water partition coefficient (Wildman–Crippen LogP) is 0.0293. The average Bonchev–Trinajstić information content (AvgIpc) is 2.09. The number of halogens is 2. The predicted molar refractivity (Wildman–Crippen MR) is 41.6 cm³/mol. The molecule has 1 saturated heterocycles. The number of hydrogen-bond acceptors (Lipinski definition) is 2. The summed E-state index contributed by atoms with van der Waals surface area (Å²) in [6.45, 7) is -1.09. The van der Waals surface area contributed by atoms with Crippen molar-refractivity contribution >= 4 is 6.03 Å². The van der Waals surface area contributed by atoms with Gasteiger partial charge in [-0.25, -0.2) is 13.6 Å². The van der Waals surface area contributed by atoms with Crippen LogP contribution in [0.1, 0.15) is 6.42 Å². The summed E-state index contributed by atoms with van der Waals surface area (Å²) in [5, 5.41) is 10.8. The largest absolute Gasteiger partial charge is 0.390 e. The summed E-state index contributed by atoms with van der Waals surface area (Å²) in [7, 11) is 0. The second-order valence-electron chi connectivity index (χ2n) is 3.02. The molecule has 0 saturated carbocycles. The summed E-state index contributed by atoms with van der Waals surface area (Å²) < 4.78 is 25.3. The fourth-order valence-corrected chi connectivity index (χ4v) is 1.16. The summed E-state index contributed by atoms with van der Waals surface area (Å²) in [6.07, 6.45) is 0.660. The van der Waals surface area contributed by atoms with Gasteiger partial charge in [-0.1, -0.05) is 0 Å². The highest BCUT2D eigenvalue weighted by Crippen LogP contribution is 2.15. The number of aliphatic hydroxyl groups is 1. The van der Waals surface area contributed by atoms with Crippen LogP contribution in [0.4, 0.5) is 13.6 Å². The molecule has 4 nitrogen and oxygen atoms in total. The minimum absolute atomic E-state index is 0.321. The molecule has 0 aromatic rings. The number of nitrogens with one attached hydrogen (secondary N) is 1. The molecule has 0 aromatic carbocycles. The number of hydrogen-bond donors (Lipinski definition) is 2. The fraction of sp³-hybridized carbons (Fsp3) is 0.857. The first-order valence-corrected chi connectivity index (χ1v) is 4.07. The van der Waals surface area contributed by atoms with E-state index in [1.165, 1.54) is 0 Å². The van der Waals surface area contributed by atoms with Crippen LogP contribution in [0.15, 0.2) is 0 Å². The monoisotopic (exact) mass is 194 g/mol. The van der Waals surface area contributed by atoms with Gasteiger partial charge in [0.05, 0.1) is 6.54 Å². The van der Waals surface area contributed by atoms with Crippen molar-refractivity contribution in [3.05, 3.63) is 0 Å². The minimum atomic E-state index is -3.20. The molecule has 0 spiro atoms. The van der Waals surface area contributed by atoms with Crippen LogP contribution in [-0.2, 0) is 0 Å². The second kappa shape index (κ2) is 3.87. The van der Waals surface area contributed by atoms with Gasteiger partial charge in [0.1, 0.15) is 6.61 Å². The molecule has 0 unspecified atom stereocenters. The number of urea groups is 1. The Bertz CT molecular complexity index is 199. The minimum Gasteiger partial charge on any atom is -0.390 e. The number of amides is 2. The second-order valence-corrected chi connectivity index (χ2v) is 3.02. The topological polar surface area (TPSA) is 52.6 Å². The van der Waals surface area contributed by atoms with Crippen LogP contribution in [0.2, 0.25) is 0 Å². The van der Waals surface area contributed by atoms with E-state index < -0.39 is 25.1 Å². The molecule has 2 amide bonds. The Kier molecular flexibility index (Phi) is 3.02. The number of nitrogens with zero attached hydrogens (tertiary/aromatic N) is 1. The van der Waals surface area contributed by atoms with E-state index in [4.69, 9.17) is 5.11 Å². The van der Waals surface area contributed by atoms with Crippen molar-refractivity contribution in [2.45, 2.75) is 12.3 Å². The van der Waals surface area contributed by atoms with Crippen LogP contribution in [0.25, 0.3) is 0 Å². The van der Waals surface area contributed by atoms with Crippen molar-refractivity contribution in [3.63, 3.8) is 0 Å². The van der Waals surface area contributed by atoms with Gasteiger partial charge in [0.15, 0.2) is 0 Å². The molecule has 1 aliphatic heterocycles. The molecule has 0 aromatic heterocycles. The molecule has 0 radical (unpaired) electrons. The first kappa shape index (κ1) is 10.2. The quantitative estimate of drug-likeness (QED) is 0.666. The lowest BCUT2D eigenvalue weighted by atomic mass is 10.2. The van der Waals surface area contributed by atoms with Crippen LogP contribution in [0.3, 0.4) is 0 Å². The highest BCUT2D eigenvalue weighted by atomic mass is 19.3. The Balaban J connectivity index is 2.47. The molecule has 0 aliphatic carbocycles. The first-order chi connectivity index (χ1) is 6.05. The Morgan fingerprint density at radius 2 is 2.31 bits per heavy atom. The van der Waals surface area contributed by atoms with Crippen molar-refractivity contribution in [1.29, 1.82) is 0 Å². The van der Waals surface area contributed by atoms with Crippen molar-refractivity contribution < 1.29 is 18.7 Å². The summed E-state index contributed by atoms with van der Waals surface area (Å²) in [5.74, 6) is -3.20. The van der Waals surface area contributed by atoms with Gasteiger partial charge in [0, 0.05) is 13.1 Å². The molecule has 0 bridgehead atoms. The van der Waals surface area contributed by atoms with Gasteiger partial charge in [-0.15, -0.1) is 0 Å². The maximum Gasteiger partial charge on any atom is 0.317 e. The van der Waals surface area contributed by atoms with Crippen LogP contribution in [0.5, 0.6) is 0 Å². The van der Waals surface area contributed by atoms with E-state index in [-0.39, 0.29) is 0 Å². The Morgan fingerprint density at radius 1 is 1.62 bits per heavy atom. The van der Waals surface area contributed by atoms with Gasteiger partial charge in [-0.3, -0.25) is 0 Å². The molecule has 1 heterocycles. The molecule has 0 atom stereocenters. The van der Waals surface area contributed by atoms with Gasteiger partial charge in [0.2, 0.25) is 0 Å². The number of carbonyl (C=O) groups is 1. The van der Waals surface area contributed by atoms with Gasteiger partial charge >= 0.3 is 6.03 Å². The Hall–Kier alpha value is -0.910. The van der Waals surface area contributed by atoms with Crippen molar-refractivity contribution in [3.8, 4) is 0 Å². The van der Waals surface area contributed by atoms with Crippen molar-refractivity contribution in [2.75, 3.05) is 26.2 Å². The third-order valence-electron chi connectivity index (χ3n) is 1.82. The summed E-state index contributed by atoms with van der Waals surface area (Å²) in [6, 6.07) is -0.487. The van der Waals surface area contributed by atoms with Crippen molar-refractivity contribution in [1.82, 2.24) is 10.2 Å². The molecular formula is C7H12F2N2O2. The lowest BCUT2D eigenvalue weighted by Gasteiger charge is -2.30. The third kappa shape index (κ3) is 2.80. The number of carbonyl (C=O) groups excluding carboxylic acids is 1. The highest BCUT2D eigenvalue weighted by Gasteiger charge is 2.33. The van der Waals surface area contributed by atoms with E-state index >= 15 is 0 Å². The third-order valence-corrected chi connectivity index (χ3v) is 1.82. The SMILES string of the molecule is O=C1NCCCN1CC(F)(F)CO. The number of rotatable bonds is 3. The molecular weight excluding hydrogens is 182 g/mol. The fourth-order valence-electron chi connectivity index (χ4n) is 1.16. The summed E-state index contributed by atoms with van der Waals surface area (Å²) in [4.78, 5) is 12.0. The Labute approximate surface area is 74.5 Å². The zero-order valence-electron chi connectivity index (χ0n) is 7.09. The van der Waals surface area contributed by atoms with Gasteiger partial charge in [0.25, 0.3) is 5.92 Å². The smallest absolute Gasteiger partial charge is 0.317 e. The summed E-state index contributed by atoms with van der Waals surface area (Å²) in [5.41, 5.74) is 0. The molecule has 6 heteroatoms. The normalized spacial score (nSPS) is 18.7. The Morgan fingerprint density at radius 3 is 2.85 bits per heavy atom. The van der Waals surface area contributed by atoms with Crippen LogP contribution >= 0.6 is 0 Å². The van der Waals surface area contributed by atoms with Gasteiger partial charge in [-0.05, 0) is 6.42 Å². The molecule has 13 heavy (non-hydrogen) atoms. The van der Waals surface area contributed by atoms with Crippen LogP contribution < -0.4 is 5.32 Å². The molecule has 1 fully saturated rings. The van der Waals surface area contributed by atoms with Gasteiger partial charge in [-0.2, -0.15) is 0 Å². The van der Waals surface area contributed by atoms with E-state index in [0.29, 0.717) is 19.5 Å². The van der Waals surface area contributed by atoms with E-state index in [2.05, 4.69) is 5.32 Å². The first-order valence-electron chi connectivity index (χ1n) is 4.07.